The molecule has 0 aliphatic rings. The van der Waals surface area contributed by atoms with Gasteiger partial charge in [0.25, 0.3) is 10.0 Å². The van der Waals surface area contributed by atoms with Crippen LogP contribution < -0.4 is 4.83 Å². The first-order valence-electron chi connectivity index (χ1n) is 8.70. The Morgan fingerprint density at radius 1 is 1.08 bits per heavy atom. The first kappa shape index (κ1) is 20.0. The van der Waals surface area contributed by atoms with Gasteiger partial charge in [-0.15, -0.1) is 0 Å². The average Bonchev–Trinajstić information content (AvgIpc) is 2.59. The SMILES string of the molecule is CCCCC(=NNS(=O)(=O)c1ccc(C)cc1)c1cc(C)cc(C)c1O. The molecule has 0 unspecified atom stereocenters. The maximum atomic E-state index is 12.5. The first-order chi connectivity index (χ1) is 12.2. The first-order valence-corrected chi connectivity index (χ1v) is 10.2. The molecule has 0 atom stereocenters. The molecule has 0 aliphatic heterocycles. The summed E-state index contributed by atoms with van der Waals surface area (Å²) < 4.78 is 25.0. The summed E-state index contributed by atoms with van der Waals surface area (Å²) in [5.74, 6) is 0.139. The number of unbranched alkanes of at least 4 members (excludes halogenated alkanes) is 1. The molecule has 2 N–H and O–H groups in total. The van der Waals surface area contributed by atoms with Crippen LogP contribution in [0.4, 0.5) is 0 Å². The molecule has 0 heterocycles. The van der Waals surface area contributed by atoms with Crippen molar-refractivity contribution in [2.24, 2.45) is 5.10 Å². The van der Waals surface area contributed by atoms with E-state index in [0.717, 1.165) is 29.5 Å². The number of benzene rings is 2. The summed E-state index contributed by atoms with van der Waals surface area (Å²) in [4.78, 5) is 2.48. The molecule has 6 heteroatoms. The van der Waals surface area contributed by atoms with Crippen molar-refractivity contribution in [1.82, 2.24) is 4.83 Å². The Kier molecular flexibility index (Phi) is 6.42. The molecule has 0 spiro atoms. The third-order valence-electron chi connectivity index (χ3n) is 4.15. The molecule has 0 saturated heterocycles. The van der Waals surface area contributed by atoms with Gasteiger partial charge in [0, 0.05) is 5.56 Å². The van der Waals surface area contributed by atoms with Crippen molar-refractivity contribution in [3.63, 3.8) is 0 Å². The van der Waals surface area contributed by atoms with Crippen molar-refractivity contribution in [2.45, 2.75) is 51.9 Å². The molecule has 2 aromatic carbocycles. The maximum Gasteiger partial charge on any atom is 0.276 e. The van der Waals surface area contributed by atoms with Crippen LogP contribution in [0.1, 0.15) is 48.4 Å². The molecule has 5 nitrogen and oxygen atoms in total. The van der Waals surface area contributed by atoms with Crippen LogP contribution in [0, 0.1) is 20.8 Å². The van der Waals surface area contributed by atoms with Crippen molar-refractivity contribution in [2.75, 3.05) is 0 Å². The number of nitrogens with zero attached hydrogens (tertiary/aromatic N) is 1. The number of sulfonamides is 1. The number of aryl methyl sites for hydroxylation is 3. The molecule has 140 valence electrons. The zero-order valence-electron chi connectivity index (χ0n) is 15.7. The smallest absolute Gasteiger partial charge is 0.276 e. The molecule has 0 saturated carbocycles. The Bertz CT molecular complexity index is 901. The summed E-state index contributed by atoms with van der Waals surface area (Å²) >= 11 is 0. The monoisotopic (exact) mass is 374 g/mol. The Hall–Kier alpha value is -2.34. The van der Waals surface area contributed by atoms with E-state index in [0.29, 0.717) is 17.7 Å². The average molecular weight is 375 g/mol. The highest BCUT2D eigenvalue weighted by molar-refractivity contribution is 7.89. The summed E-state index contributed by atoms with van der Waals surface area (Å²) in [5, 5.41) is 14.6. The van der Waals surface area contributed by atoms with Gasteiger partial charge in [-0.05, 0) is 62.9 Å². The van der Waals surface area contributed by atoms with Crippen molar-refractivity contribution >= 4 is 15.7 Å². The lowest BCUT2D eigenvalue weighted by Crippen LogP contribution is -2.21. The second-order valence-electron chi connectivity index (χ2n) is 6.55. The normalized spacial score (nSPS) is 12.2. The lowest BCUT2D eigenvalue weighted by Gasteiger charge is -2.12. The van der Waals surface area contributed by atoms with Crippen molar-refractivity contribution in [1.29, 1.82) is 0 Å². The minimum absolute atomic E-state index is 0.139. The van der Waals surface area contributed by atoms with Crippen LogP contribution >= 0.6 is 0 Å². The van der Waals surface area contributed by atoms with Crippen molar-refractivity contribution in [3.8, 4) is 5.75 Å². The van der Waals surface area contributed by atoms with Crippen molar-refractivity contribution < 1.29 is 13.5 Å². The maximum absolute atomic E-state index is 12.5. The molecule has 0 aliphatic carbocycles. The zero-order chi connectivity index (χ0) is 19.3. The summed E-state index contributed by atoms with van der Waals surface area (Å²) in [6, 6.07) is 10.3. The largest absolute Gasteiger partial charge is 0.507 e. The fraction of sp³-hybridized carbons (Fsp3) is 0.350. The molecule has 0 bridgehead atoms. The number of nitrogens with one attached hydrogen (secondary N) is 1. The Labute approximate surface area is 155 Å². The van der Waals surface area contributed by atoms with Gasteiger partial charge in [-0.3, -0.25) is 0 Å². The predicted octanol–water partition coefficient (Wildman–Crippen LogP) is 4.19. The predicted molar refractivity (Wildman–Crippen MR) is 105 cm³/mol. The van der Waals surface area contributed by atoms with E-state index < -0.39 is 10.0 Å². The van der Waals surface area contributed by atoms with E-state index in [4.69, 9.17) is 0 Å². The van der Waals surface area contributed by atoms with Gasteiger partial charge in [0.1, 0.15) is 5.75 Å². The molecule has 2 aromatic rings. The standard InChI is InChI=1S/C20H26N2O3S/c1-5-6-7-19(18-13-15(3)12-16(4)20(18)23)21-22-26(24,25)17-10-8-14(2)9-11-17/h8-13,22-23H,5-7H2,1-4H3. The number of hydrogen-bond acceptors (Lipinski definition) is 4. The van der Waals surface area contributed by atoms with Crippen LogP contribution in [0.15, 0.2) is 46.4 Å². The fourth-order valence-corrected chi connectivity index (χ4v) is 3.49. The van der Waals surface area contributed by atoms with E-state index in [1.54, 1.807) is 24.3 Å². The molecule has 0 radical (unpaired) electrons. The lowest BCUT2D eigenvalue weighted by atomic mass is 9.99. The summed E-state index contributed by atoms with van der Waals surface area (Å²) in [6.45, 7) is 7.70. The highest BCUT2D eigenvalue weighted by Crippen LogP contribution is 2.26. The van der Waals surface area contributed by atoms with Gasteiger partial charge in [-0.1, -0.05) is 37.1 Å². The van der Waals surface area contributed by atoms with Crippen molar-refractivity contribution in [3.05, 3.63) is 58.7 Å². The number of phenolic OH excluding ortho intramolecular Hbond substituents is 1. The van der Waals surface area contributed by atoms with Crippen LogP contribution in [-0.2, 0) is 10.0 Å². The third-order valence-corrected chi connectivity index (χ3v) is 5.38. The van der Waals surface area contributed by atoms with Gasteiger partial charge in [0.2, 0.25) is 0 Å². The van der Waals surface area contributed by atoms with E-state index in [-0.39, 0.29) is 10.6 Å². The van der Waals surface area contributed by atoms with Gasteiger partial charge >= 0.3 is 0 Å². The highest BCUT2D eigenvalue weighted by atomic mass is 32.2. The number of phenols is 1. The van der Waals surface area contributed by atoms with Gasteiger partial charge in [0.05, 0.1) is 10.6 Å². The van der Waals surface area contributed by atoms with Gasteiger partial charge < -0.3 is 5.11 Å². The molecular formula is C20H26N2O3S. The van der Waals surface area contributed by atoms with Crippen LogP contribution in [0.3, 0.4) is 0 Å². The number of rotatable bonds is 7. The molecular weight excluding hydrogens is 348 g/mol. The molecule has 0 aromatic heterocycles. The van der Waals surface area contributed by atoms with E-state index in [1.165, 1.54) is 0 Å². The number of hydrogen-bond donors (Lipinski definition) is 2. The highest BCUT2D eigenvalue weighted by Gasteiger charge is 2.16. The van der Waals surface area contributed by atoms with E-state index in [1.807, 2.05) is 32.9 Å². The minimum Gasteiger partial charge on any atom is -0.507 e. The summed E-state index contributed by atoms with van der Waals surface area (Å²) in [5.41, 5.74) is 3.82. The third kappa shape index (κ3) is 4.85. The number of aromatic hydroxyl groups is 1. The fourth-order valence-electron chi connectivity index (χ4n) is 2.66. The van der Waals surface area contributed by atoms with Crippen LogP contribution in [-0.4, -0.2) is 19.2 Å². The Balaban J connectivity index is 2.39. The summed E-state index contributed by atoms with van der Waals surface area (Å²) in [6.07, 6.45) is 2.36. The molecule has 0 fully saturated rings. The molecule has 2 rings (SSSR count). The minimum atomic E-state index is -3.76. The second-order valence-corrected chi connectivity index (χ2v) is 8.21. The second kappa shape index (κ2) is 8.36. The van der Waals surface area contributed by atoms with Crippen LogP contribution in [0.25, 0.3) is 0 Å². The summed E-state index contributed by atoms with van der Waals surface area (Å²) in [7, 11) is -3.76. The zero-order valence-corrected chi connectivity index (χ0v) is 16.5. The van der Waals surface area contributed by atoms with Gasteiger partial charge in [-0.25, -0.2) is 0 Å². The van der Waals surface area contributed by atoms with E-state index in [2.05, 4.69) is 16.9 Å². The van der Waals surface area contributed by atoms with Crippen LogP contribution in [0.2, 0.25) is 0 Å². The topological polar surface area (TPSA) is 78.8 Å². The Morgan fingerprint density at radius 3 is 2.35 bits per heavy atom. The number of hydrazone groups is 1. The van der Waals surface area contributed by atoms with E-state index >= 15 is 0 Å². The Morgan fingerprint density at radius 2 is 1.73 bits per heavy atom. The molecule has 26 heavy (non-hydrogen) atoms. The lowest BCUT2D eigenvalue weighted by molar-refractivity contribution is 0.469. The molecule has 0 amide bonds. The van der Waals surface area contributed by atoms with Gasteiger partial charge in [-0.2, -0.15) is 18.4 Å². The van der Waals surface area contributed by atoms with Crippen LogP contribution in [0.5, 0.6) is 5.75 Å². The van der Waals surface area contributed by atoms with E-state index in [9.17, 15) is 13.5 Å². The van der Waals surface area contributed by atoms with Gasteiger partial charge in [0.15, 0.2) is 0 Å². The quantitative estimate of drug-likeness (QED) is 0.563.